The highest BCUT2D eigenvalue weighted by atomic mass is 16.6. The maximum absolute atomic E-state index is 12.4. The highest BCUT2D eigenvalue weighted by Gasteiger charge is 2.22. The zero-order valence-corrected chi connectivity index (χ0v) is 16.6. The Morgan fingerprint density at radius 2 is 1.93 bits per heavy atom. The summed E-state index contributed by atoms with van der Waals surface area (Å²) in [4.78, 5) is 23.2. The van der Waals surface area contributed by atoms with Crippen molar-refractivity contribution in [1.29, 1.82) is 0 Å². The summed E-state index contributed by atoms with van der Waals surface area (Å²) >= 11 is 0. The molecule has 2 N–H and O–H groups in total. The predicted octanol–water partition coefficient (Wildman–Crippen LogP) is 2.48. The number of aromatic nitrogens is 4. The van der Waals surface area contributed by atoms with Crippen molar-refractivity contribution in [3.63, 3.8) is 0 Å². The lowest BCUT2D eigenvalue weighted by Crippen LogP contribution is -2.34. The lowest BCUT2D eigenvalue weighted by Gasteiger charge is -2.29. The Bertz CT molecular complexity index is 980. The molecule has 9 nitrogen and oxygen atoms in total. The summed E-state index contributed by atoms with van der Waals surface area (Å²) in [5.41, 5.74) is 1.80. The van der Waals surface area contributed by atoms with Gasteiger partial charge in [-0.2, -0.15) is 4.98 Å². The molecule has 1 saturated carbocycles. The molecule has 2 aromatic heterocycles. The molecule has 2 heterocycles. The number of rotatable bonds is 6. The minimum Gasteiger partial charge on any atom is -0.363 e. The van der Waals surface area contributed by atoms with Crippen molar-refractivity contribution in [2.24, 2.45) is 5.92 Å². The molecule has 0 spiro atoms. The first-order chi connectivity index (χ1) is 14.1. The fourth-order valence-electron chi connectivity index (χ4n) is 3.62. The van der Waals surface area contributed by atoms with E-state index in [1.54, 1.807) is 24.4 Å². The Kier molecular flexibility index (Phi) is 5.55. The quantitative estimate of drug-likeness (QED) is 0.655. The molecule has 152 valence electrons. The molecule has 1 aromatic carbocycles. The van der Waals surface area contributed by atoms with Crippen LogP contribution in [0.2, 0.25) is 0 Å². The number of hydrogen-bond acceptors (Lipinski definition) is 8. The van der Waals surface area contributed by atoms with E-state index < -0.39 is 0 Å². The molecule has 1 amide bonds. The van der Waals surface area contributed by atoms with Crippen LogP contribution < -0.4 is 15.5 Å². The third-order valence-electron chi connectivity index (χ3n) is 5.35. The molecular formula is C20H25N7O2. The zero-order valence-electron chi connectivity index (χ0n) is 16.6. The molecule has 0 atom stereocenters. The normalized spacial score (nSPS) is 19.1. The van der Waals surface area contributed by atoms with Crippen LogP contribution in [0.4, 0.5) is 11.8 Å². The van der Waals surface area contributed by atoms with Crippen molar-refractivity contribution in [2.75, 3.05) is 30.9 Å². The Balaban J connectivity index is 1.24. The van der Waals surface area contributed by atoms with E-state index in [0.717, 1.165) is 31.5 Å². The van der Waals surface area contributed by atoms with E-state index in [0.29, 0.717) is 41.0 Å². The molecule has 3 aromatic rings. The van der Waals surface area contributed by atoms with Gasteiger partial charge in [0.2, 0.25) is 5.95 Å². The molecular weight excluding hydrogens is 370 g/mol. The first-order valence-electron chi connectivity index (χ1n) is 9.86. The zero-order chi connectivity index (χ0) is 20.2. The van der Waals surface area contributed by atoms with Crippen molar-refractivity contribution >= 4 is 28.7 Å². The summed E-state index contributed by atoms with van der Waals surface area (Å²) < 4.78 is 4.68. The van der Waals surface area contributed by atoms with Gasteiger partial charge in [0.25, 0.3) is 5.91 Å². The first-order valence-corrected chi connectivity index (χ1v) is 9.86. The minimum absolute atomic E-state index is 0.0935. The largest absolute Gasteiger partial charge is 0.363 e. The summed E-state index contributed by atoms with van der Waals surface area (Å²) in [6.07, 6.45) is 5.95. The van der Waals surface area contributed by atoms with Gasteiger partial charge in [0.15, 0.2) is 0 Å². The molecule has 1 fully saturated rings. The van der Waals surface area contributed by atoms with Crippen LogP contribution in [0.25, 0.3) is 11.0 Å². The van der Waals surface area contributed by atoms with Gasteiger partial charge in [-0.3, -0.25) is 4.79 Å². The van der Waals surface area contributed by atoms with Gasteiger partial charge in [0.05, 0.1) is 0 Å². The Morgan fingerprint density at radius 1 is 1.14 bits per heavy atom. The number of anilines is 2. The van der Waals surface area contributed by atoms with E-state index in [1.165, 1.54) is 0 Å². The predicted molar refractivity (Wildman–Crippen MR) is 110 cm³/mol. The van der Waals surface area contributed by atoms with Crippen LogP contribution in [0.5, 0.6) is 0 Å². The second-order valence-electron chi connectivity index (χ2n) is 7.67. The van der Waals surface area contributed by atoms with E-state index in [2.05, 4.69) is 35.5 Å². The van der Waals surface area contributed by atoms with E-state index in [-0.39, 0.29) is 5.91 Å². The maximum Gasteiger partial charge on any atom is 0.251 e. The number of carbonyl (C=O) groups excluding carboxylic acids is 1. The minimum atomic E-state index is -0.0935. The smallest absolute Gasteiger partial charge is 0.251 e. The molecule has 0 aliphatic heterocycles. The van der Waals surface area contributed by atoms with Gasteiger partial charge in [-0.05, 0) is 66.2 Å². The van der Waals surface area contributed by atoms with Crippen molar-refractivity contribution in [3.8, 4) is 0 Å². The SMILES string of the molecule is CN(C)c1ccnc(NC2CCC(CNC(=O)c3ccc4nonc4c3)CC2)n1. The van der Waals surface area contributed by atoms with Gasteiger partial charge in [0, 0.05) is 38.4 Å². The summed E-state index contributed by atoms with van der Waals surface area (Å²) in [6, 6.07) is 7.43. The Hall–Kier alpha value is -3.23. The van der Waals surface area contributed by atoms with Crippen molar-refractivity contribution in [1.82, 2.24) is 25.6 Å². The topological polar surface area (TPSA) is 109 Å². The fourth-order valence-corrected chi connectivity index (χ4v) is 3.62. The van der Waals surface area contributed by atoms with Gasteiger partial charge < -0.3 is 15.5 Å². The summed E-state index contributed by atoms with van der Waals surface area (Å²) in [6.45, 7) is 0.674. The number of carbonyl (C=O) groups is 1. The van der Waals surface area contributed by atoms with Crippen LogP contribution in [0.15, 0.2) is 35.1 Å². The Morgan fingerprint density at radius 3 is 2.72 bits per heavy atom. The van der Waals surface area contributed by atoms with Crippen LogP contribution in [0.1, 0.15) is 36.0 Å². The molecule has 0 radical (unpaired) electrons. The molecule has 0 saturated heterocycles. The second-order valence-corrected chi connectivity index (χ2v) is 7.67. The number of fused-ring (bicyclic) bond motifs is 1. The lowest BCUT2D eigenvalue weighted by molar-refractivity contribution is 0.0943. The number of nitrogens with one attached hydrogen (secondary N) is 2. The van der Waals surface area contributed by atoms with Gasteiger partial charge in [-0.15, -0.1) is 0 Å². The van der Waals surface area contributed by atoms with Crippen LogP contribution in [0.3, 0.4) is 0 Å². The number of amides is 1. The average molecular weight is 395 g/mol. The molecule has 0 bridgehead atoms. The highest BCUT2D eigenvalue weighted by Crippen LogP contribution is 2.26. The van der Waals surface area contributed by atoms with Gasteiger partial charge in [-0.25, -0.2) is 9.61 Å². The van der Waals surface area contributed by atoms with Crippen LogP contribution >= 0.6 is 0 Å². The summed E-state index contributed by atoms with van der Waals surface area (Å²) in [7, 11) is 3.93. The van der Waals surface area contributed by atoms with Crippen LogP contribution in [0, 0.1) is 5.92 Å². The van der Waals surface area contributed by atoms with E-state index >= 15 is 0 Å². The number of benzene rings is 1. The number of nitrogens with zero attached hydrogens (tertiary/aromatic N) is 5. The molecule has 1 aliphatic carbocycles. The highest BCUT2D eigenvalue weighted by molar-refractivity contribution is 5.97. The van der Waals surface area contributed by atoms with Crippen LogP contribution in [-0.2, 0) is 0 Å². The first kappa shape index (κ1) is 19.1. The van der Waals surface area contributed by atoms with Gasteiger partial charge in [0.1, 0.15) is 16.9 Å². The average Bonchev–Trinajstić information content (AvgIpc) is 3.21. The molecule has 29 heavy (non-hydrogen) atoms. The third kappa shape index (κ3) is 4.61. The molecule has 4 rings (SSSR count). The van der Waals surface area contributed by atoms with Crippen LogP contribution in [-0.4, -0.2) is 52.9 Å². The standard InChI is InChI=1S/C20H25N7O2/c1-27(2)18-9-10-21-20(24-18)23-15-6-3-13(4-7-15)12-22-19(28)14-5-8-16-17(11-14)26-29-25-16/h5,8-11,13,15H,3-4,6-7,12H2,1-2H3,(H,22,28)(H,21,23,24). The number of hydrogen-bond donors (Lipinski definition) is 2. The van der Waals surface area contributed by atoms with Gasteiger partial charge >= 0.3 is 0 Å². The van der Waals surface area contributed by atoms with Crippen molar-refractivity contribution in [3.05, 3.63) is 36.0 Å². The Labute approximate surface area is 168 Å². The fraction of sp³-hybridized carbons (Fsp3) is 0.450. The third-order valence-corrected chi connectivity index (χ3v) is 5.35. The van der Waals surface area contributed by atoms with Crippen molar-refractivity contribution in [2.45, 2.75) is 31.7 Å². The summed E-state index contributed by atoms with van der Waals surface area (Å²) in [5.74, 6) is 1.94. The summed E-state index contributed by atoms with van der Waals surface area (Å²) in [5, 5.41) is 14.0. The van der Waals surface area contributed by atoms with Crippen molar-refractivity contribution < 1.29 is 9.42 Å². The molecule has 0 unspecified atom stereocenters. The van der Waals surface area contributed by atoms with E-state index in [9.17, 15) is 4.79 Å². The lowest BCUT2D eigenvalue weighted by atomic mass is 9.86. The second kappa shape index (κ2) is 8.42. The van der Waals surface area contributed by atoms with Gasteiger partial charge in [-0.1, -0.05) is 0 Å². The van der Waals surface area contributed by atoms with E-state index in [4.69, 9.17) is 0 Å². The molecule has 9 heteroatoms. The maximum atomic E-state index is 12.4. The molecule has 1 aliphatic rings. The van der Waals surface area contributed by atoms with E-state index in [1.807, 2.05) is 25.1 Å². The monoisotopic (exact) mass is 395 g/mol.